The standard InChI is InChI=1S/C14H20BrNO3/c1-4-18-10-14(3,13(17)19-5-2)16-12-8-6-11(15)7-9-12/h6-9,16H,4-5,10H2,1-3H3. The summed E-state index contributed by atoms with van der Waals surface area (Å²) in [7, 11) is 0. The third-order valence-corrected chi connectivity index (χ3v) is 3.11. The molecule has 5 heteroatoms. The van der Waals surface area contributed by atoms with Gasteiger partial charge in [-0.3, -0.25) is 0 Å². The molecule has 1 N–H and O–H groups in total. The van der Waals surface area contributed by atoms with E-state index in [1.165, 1.54) is 0 Å². The number of carbonyl (C=O) groups excluding carboxylic acids is 1. The van der Waals surface area contributed by atoms with Gasteiger partial charge < -0.3 is 14.8 Å². The first-order valence-electron chi connectivity index (χ1n) is 6.30. The number of ether oxygens (including phenoxy) is 2. The molecule has 0 saturated carbocycles. The molecule has 4 nitrogen and oxygen atoms in total. The lowest BCUT2D eigenvalue weighted by molar-refractivity contribution is -0.150. The van der Waals surface area contributed by atoms with E-state index in [0.29, 0.717) is 13.2 Å². The summed E-state index contributed by atoms with van der Waals surface area (Å²) in [5.41, 5.74) is -0.0432. The van der Waals surface area contributed by atoms with E-state index in [9.17, 15) is 4.79 Å². The van der Waals surface area contributed by atoms with Crippen molar-refractivity contribution in [2.24, 2.45) is 0 Å². The lowest BCUT2D eigenvalue weighted by Crippen LogP contribution is -2.48. The maximum atomic E-state index is 12.1. The fraction of sp³-hybridized carbons (Fsp3) is 0.500. The molecule has 0 saturated heterocycles. The third-order valence-electron chi connectivity index (χ3n) is 2.59. The van der Waals surface area contributed by atoms with Crippen LogP contribution in [-0.4, -0.2) is 31.3 Å². The van der Waals surface area contributed by atoms with E-state index < -0.39 is 5.54 Å². The molecule has 0 radical (unpaired) electrons. The number of nitrogens with one attached hydrogen (secondary N) is 1. The molecule has 1 unspecified atom stereocenters. The molecule has 1 rings (SSSR count). The van der Waals surface area contributed by atoms with Gasteiger partial charge in [0.05, 0.1) is 13.2 Å². The molecule has 0 aromatic heterocycles. The fourth-order valence-electron chi connectivity index (χ4n) is 1.59. The van der Waals surface area contributed by atoms with Crippen LogP contribution < -0.4 is 5.32 Å². The second-order valence-electron chi connectivity index (χ2n) is 4.32. The predicted molar refractivity (Wildman–Crippen MR) is 79.3 cm³/mol. The first kappa shape index (κ1) is 16.0. The average Bonchev–Trinajstić information content (AvgIpc) is 2.39. The molecule has 0 spiro atoms. The van der Waals surface area contributed by atoms with Crippen molar-refractivity contribution in [2.45, 2.75) is 26.3 Å². The molecule has 0 aliphatic carbocycles. The number of esters is 1. The highest BCUT2D eigenvalue weighted by Crippen LogP contribution is 2.20. The minimum atomic E-state index is -0.889. The summed E-state index contributed by atoms with van der Waals surface area (Å²) in [6.07, 6.45) is 0. The van der Waals surface area contributed by atoms with Gasteiger partial charge in [0, 0.05) is 16.8 Å². The largest absolute Gasteiger partial charge is 0.464 e. The van der Waals surface area contributed by atoms with E-state index >= 15 is 0 Å². The molecule has 0 fully saturated rings. The van der Waals surface area contributed by atoms with E-state index in [2.05, 4.69) is 21.2 Å². The number of benzene rings is 1. The van der Waals surface area contributed by atoms with Gasteiger partial charge in [0.15, 0.2) is 5.54 Å². The Bertz CT molecular complexity index is 408. The van der Waals surface area contributed by atoms with Crippen LogP contribution in [0.3, 0.4) is 0 Å². The molecule has 0 aliphatic heterocycles. The minimum absolute atomic E-state index is 0.262. The SMILES string of the molecule is CCOCC(C)(Nc1ccc(Br)cc1)C(=O)OCC. The zero-order valence-corrected chi connectivity index (χ0v) is 13.1. The van der Waals surface area contributed by atoms with Crippen LogP contribution in [-0.2, 0) is 14.3 Å². The van der Waals surface area contributed by atoms with E-state index in [0.717, 1.165) is 10.2 Å². The van der Waals surface area contributed by atoms with Gasteiger partial charge in [0.2, 0.25) is 0 Å². The van der Waals surface area contributed by atoms with Crippen LogP contribution in [0, 0.1) is 0 Å². The molecule has 1 atom stereocenters. The number of carbonyl (C=O) groups is 1. The van der Waals surface area contributed by atoms with Crippen LogP contribution in [0.1, 0.15) is 20.8 Å². The van der Waals surface area contributed by atoms with Gasteiger partial charge in [0.25, 0.3) is 0 Å². The number of rotatable bonds is 7. The fourth-order valence-corrected chi connectivity index (χ4v) is 1.86. The Morgan fingerprint density at radius 1 is 1.26 bits per heavy atom. The molecule has 1 aromatic carbocycles. The Morgan fingerprint density at radius 2 is 1.89 bits per heavy atom. The number of hydrogen-bond donors (Lipinski definition) is 1. The summed E-state index contributed by atoms with van der Waals surface area (Å²) in [4.78, 5) is 12.1. The summed E-state index contributed by atoms with van der Waals surface area (Å²) in [6, 6.07) is 7.62. The summed E-state index contributed by atoms with van der Waals surface area (Å²) >= 11 is 3.38. The third kappa shape index (κ3) is 4.84. The molecule has 0 aliphatic rings. The topological polar surface area (TPSA) is 47.6 Å². The Morgan fingerprint density at radius 3 is 2.42 bits per heavy atom. The van der Waals surface area contributed by atoms with Crippen molar-refractivity contribution >= 4 is 27.6 Å². The van der Waals surface area contributed by atoms with Crippen molar-refractivity contribution in [3.63, 3.8) is 0 Å². The van der Waals surface area contributed by atoms with Crippen LogP contribution in [0.5, 0.6) is 0 Å². The second-order valence-corrected chi connectivity index (χ2v) is 5.24. The monoisotopic (exact) mass is 329 g/mol. The Kier molecular flexibility index (Phi) is 6.31. The Balaban J connectivity index is 2.83. The van der Waals surface area contributed by atoms with Crippen molar-refractivity contribution in [3.05, 3.63) is 28.7 Å². The Hall–Kier alpha value is -1.07. The minimum Gasteiger partial charge on any atom is -0.464 e. The van der Waals surface area contributed by atoms with Gasteiger partial charge in [-0.25, -0.2) is 4.79 Å². The van der Waals surface area contributed by atoms with Crippen LogP contribution in [0.15, 0.2) is 28.7 Å². The summed E-state index contributed by atoms with van der Waals surface area (Å²) in [5, 5.41) is 3.18. The van der Waals surface area contributed by atoms with Crippen LogP contribution in [0.2, 0.25) is 0 Å². The van der Waals surface area contributed by atoms with E-state index in [-0.39, 0.29) is 12.6 Å². The van der Waals surface area contributed by atoms with Crippen molar-refractivity contribution in [1.82, 2.24) is 0 Å². The maximum Gasteiger partial charge on any atom is 0.333 e. The number of hydrogen-bond acceptors (Lipinski definition) is 4. The van der Waals surface area contributed by atoms with E-state index in [1.807, 2.05) is 31.2 Å². The first-order chi connectivity index (χ1) is 9.01. The maximum absolute atomic E-state index is 12.1. The van der Waals surface area contributed by atoms with Crippen molar-refractivity contribution in [1.29, 1.82) is 0 Å². The highest BCUT2D eigenvalue weighted by molar-refractivity contribution is 9.10. The zero-order chi connectivity index (χ0) is 14.3. The summed E-state index contributed by atoms with van der Waals surface area (Å²) in [5.74, 6) is -0.314. The first-order valence-corrected chi connectivity index (χ1v) is 7.10. The zero-order valence-electron chi connectivity index (χ0n) is 11.5. The molecular weight excluding hydrogens is 310 g/mol. The smallest absolute Gasteiger partial charge is 0.333 e. The molecule has 106 valence electrons. The van der Waals surface area contributed by atoms with Gasteiger partial charge in [-0.2, -0.15) is 0 Å². The Labute approximate surface area is 122 Å². The van der Waals surface area contributed by atoms with E-state index in [4.69, 9.17) is 9.47 Å². The van der Waals surface area contributed by atoms with Gasteiger partial charge in [0.1, 0.15) is 0 Å². The number of halogens is 1. The van der Waals surface area contributed by atoms with Gasteiger partial charge in [-0.15, -0.1) is 0 Å². The second kappa shape index (κ2) is 7.50. The van der Waals surface area contributed by atoms with Crippen molar-refractivity contribution < 1.29 is 14.3 Å². The van der Waals surface area contributed by atoms with Crippen LogP contribution in [0.25, 0.3) is 0 Å². The van der Waals surface area contributed by atoms with Crippen LogP contribution >= 0.6 is 15.9 Å². The van der Waals surface area contributed by atoms with Crippen molar-refractivity contribution in [3.8, 4) is 0 Å². The van der Waals surface area contributed by atoms with Crippen LogP contribution in [0.4, 0.5) is 5.69 Å². The van der Waals surface area contributed by atoms with Gasteiger partial charge in [-0.1, -0.05) is 15.9 Å². The highest BCUT2D eigenvalue weighted by atomic mass is 79.9. The predicted octanol–water partition coefficient (Wildman–Crippen LogP) is 3.22. The van der Waals surface area contributed by atoms with Gasteiger partial charge >= 0.3 is 5.97 Å². The summed E-state index contributed by atoms with van der Waals surface area (Å²) in [6.45, 7) is 6.63. The lowest BCUT2D eigenvalue weighted by atomic mass is 10.0. The molecule has 0 heterocycles. The quantitative estimate of drug-likeness (QED) is 0.780. The molecule has 0 amide bonds. The van der Waals surface area contributed by atoms with Crippen molar-refractivity contribution in [2.75, 3.05) is 25.1 Å². The molecule has 1 aromatic rings. The number of anilines is 1. The lowest BCUT2D eigenvalue weighted by Gasteiger charge is -2.29. The van der Waals surface area contributed by atoms with E-state index in [1.54, 1.807) is 13.8 Å². The molecule has 0 bridgehead atoms. The average molecular weight is 330 g/mol. The van der Waals surface area contributed by atoms with Gasteiger partial charge in [-0.05, 0) is 45.0 Å². The normalized spacial score (nSPS) is 13.7. The molecular formula is C14H20BrNO3. The molecule has 19 heavy (non-hydrogen) atoms. The summed E-state index contributed by atoms with van der Waals surface area (Å²) < 4.78 is 11.5. The highest BCUT2D eigenvalue weighted by Gasteiger charge is 2.35.